The predicted octanol–water partition coefficient (Wildman–Crippen LogP) is 9.33. The number of hydrogen-bond acceptors (Lipinski definition) is 3. The monoisotopic (exact) mass is 507 g/mol. The van der Waals surface area contributed by atoms with Gasteiger partial charge in [0.25, 0.3) is 0 Å². The molecule has 33 heavy (non-hydrogen) atoms. The van der Waals surface area contributed by atoms with Gasteiger partial charge in [0.05, 0.1) is 21.4 Å². The molecule has 0 aliphatic heterocycles. The van der Waals surface area contributed by atoms with Crippen molar-refractivity contribution in [2.45, 2.75) is 96.3 Å². The maximum absolute atomic E-state index is 6.44. The van der Waals surface area contributed by atoms with E-state index in [1.54, 1.807) is 17.4 Å². The third-order valence-electron chi connectivity index (χ3n) is 6.40. The first kappa shape index (κ1) is 26.5. The summed E-state index contributed by atoms with van der Waals surface area (Å²) >= 11 is 14.4. The Bertz CT molecular complexity index is 937. The number of hydrogen-bond donors (Lipinski definition) is 1. The first-order chi connectivity index (χ1) is 16.2. The van der Waals surface area contributed by atoms with E-state index in [2.05, 4.69) is 21.2 Å². The normalized spacial score (nSPS) is 11.6. The lowest BCUT2D eigenvalue weighted by atomic mass is 10.0. The number of nitrogens with zero attached hydrogens (tertiary/aromatic N) is 2. The molecule has 3 rings (SSSR count). The quantitative estimate of drug-likeness (QED) is 0.185. The Morgan fingerprint density at radius 2 is 1.39 bits per heavy atom. The summed E-state index contributed by atoms with van der Waals surface area (Å²) in [5.74, 6) is 0. The summed E-state index contributed by atoms with van der Waals surface area (Å²) in [6.45, 7) is 0.848. The molecule has 182 valence electrons. The second kappa shape index (κ2) is 15.0. The van der Waals surface area contributed by atoms with Crippen LogP contribution in [0.2, 0.25) is 10.0 Å². The van der Waals surface area contributed by atoms with E-state index in [4.69, 9.17) is 33.9 Å². The van der Waals surface area contributed by atoms with Crippen molar-refractivity contribution in [2.75, 3.05) is 6.54 Å². The molecule has 0 radical (unpaired) electrons. The van der Waals surface area contributed by atoms with Crippen molar-refractivity contribution in [2.24, 2.45) is 5.73 Å². The maximum atomic E-state index is 6.44. The molecule has 3 aromatic heterocycles. The van der Waals surface area contributed by atoms with Crippen molar-refractivity contribution in [3.05, 3.63) is 44.8 Å². The van der Waals surface area contributed by atoms with E-state index >= 15 is 0 Å². The van der Waals surface area contributed by atoms with Crippen molar-refractivity contribution < 1.29 is 0 Å². The molecule has 0 amide bonds. The molecule has 3 nitrogen and oxygen atoms in total. The molecular formula is C27H39Cl2N3S. The highest BCUT2D eigenvalue weighted by molar-refractivity contribution is 7.08. The molecule has 3 heterocycles. The van der Waals surface area contributed by atoms with E-state index in [1.165, 1.54) is 101 Å². The lowest BCUT2D eigenvalue weighted by molar-refractivity contribution is 0.533. The van der Waals surface area contributed by atoms with Crippen molar-refractivity contribution >= 4 is 40.2 Å². The van der Waals surface area contributed by atoms with E-state index in [0.29, 0.717) is 10.0 Å². The Balaban J connectivity index is 1.33. The number of rotatable bonds is 17. The van der Waals surface area contributed by atoms with Gasteiger partial charge in [0, 0.05) is 17.1 Å². The summed E-state index contributed by atoms with van der Waals surface area (Å²) in [5, 5.41) is 5.51. The summed E-state index contributed by atoms with van der Waals surface area (Å²) in [5.41, 5.74) is 9.77. The Morgan fingerprint density at radius 3 is 1.94 bits per heavy atom. The van der Waals surface area contributed by atoms with Crippen molar-refractivity contribution in [1.29, 1.82) is 0 Å². The molecule has 0 bridgehead atoms. The van der Waals surface area contributed by atoms with Gasteiger partial charge in [-0.05, 0) is 43.3 Å². The number of aromatic nitrogens is 2. The van der Waals surface area contributed by atoms with Gasteiger partial charge in [-0.25, -0.2) is 4.98 Å². The number of pyridine rings is 1. The number of halogens is 2. The van der Waals surface area contributed by atoms with Crippen LogP contribution in [0.15, 0.2) is 29.1 Å². The van der Waals surface area contributed by atoms with Gasteiger partial charge in [-0.2, -0.15) is 11.3 Å². The fraction of sp³-hybridized carbons (Fsp3) is 0.593. The first-order valence-electron chi connectivity index (χ1n) is 12.8. The Hall–Kier alpha value is -1.07. The van der Waals surface area contributed by atoms with Crippen LogP contribution in [0.5, 0.6) is 0 Å². The standard InChI is InChI=1S/C27H39Cl2N3S/c28-23-19-24(29)27-31-26(22-16-18-33-21-22)25(32(27)20-23)15-13-11-9-7-5-3-1-2-4-6-8-10-12-14-17-30/h16,18-21H,1-15,17,30H2. The van der Waals surface area contributed by atoms with Gasteiger partial charge in [-0.1, -0.05) is 100 Å². The molecule has 0 saturated heterocycles. The second-order valence-corrected chi connectivity index (χ2v) is 10.7. The summed E-state index contributed by atoms with van der Waals surface area (Å²) in [4.78, 5) is 4.86. The van der Waals surface area contributed by atoms with Crippen LogP contribution in [0.3, 0.4) is 0 Å². The van der Waals surface area contributed by atoms with Crippen molar-refractivity contribution in [3.63, 3.8) is 0 Å². The van der Waals surface area contributed by atoms with Crippen LogP contribution < -0.4 is 5.73 Å². The van der Waals surface area contributed by atoms with E-state index < -0.39 is 0 Å². The minimum atomic E-state index is 0.608. The highest BCUT2D eigenvalue weighted by atomic mass is 35.5. The van der Waals surface area contributed by atoms with Crippen LogP contribution in [0.4, 0.5) is 0 Å². The van der Waals surface area contributed by atoms with Crippen LogP contribution in [0, 0.1) is 0 Å². The van der Waals surface area contributed by atoms with Crippen LogP contribution in [-0.4, -0.2) is 15.9 Å². The van der Waals surface area contributed by atoms with Crippen LogP contribution in [0.25, 0.3) is 16.9 Å². The highest BCUT2D eigenvalue weighted by Gasteiger charge is 2.16. The van der Waals surface area contributed by atoms with Gasteiger partial charge >= 0.3 is 0 Å². The lowest BCUT2D eigenvalue weighted by Crippen LogP contribution is -1.97. The zero-order chi connectivity index (χ0) is 23.3. The highest BCUT2D eigenvalue weighted by Crippen LogP contribution is 2.31. The second-order valence-electron chi connectivity index (χ2n) is 9.11. The molecule has 0 atom stereocenters. The average molecular weight is 509 g/mol. The maximum Gasteiger partial charge on any atom is 0.156 e. The molecule has 6 heteroatoms. The van der Waals surface area contributed by atoms with Crippen LogP contribution >= 0.6 is 34.5 Å². The zero-order valence-corrected chi connectivity index (χ0v) is 22.2. The molecule has 0 aliphatic carbocycles. The fourth-order valence-corrected chi connectivity index (χ4v) is 5.70. The van der Waals surface area contributed by atoms with Crippen LogP contribution in [0.1, 0.15) is 95.6 Å². The summed E-state index contributed by atoms with van der Waals surface area (Å²) in [7, 11) is 0. The topological polar surface area (TPSA) is 43.3 Å². The van der Waals surface area contributed by atoms with Gasteiger partial charge in [-0.3, -0.25) is 0 Å². The molecule has 0 saturated carbocycles. The Kier molecular flexibility index (Phi) is 12.1. The molecular weight excluding hydrogens is 469 g/mol. The van der Waals surface area contributed by atoms with E-state index in [0.717, 1.165) is 24.3 Å². The van der Waals surface area contributed by atoms with E-state index in [-0.39, 0.29) is 0 Å². The molecule has 0 aliphatic rings. The molecule has 3 aromatic rings. The predicted molar refractivity (Wildman–Crippen MR) is 146 cm³/mol. The number of aryl methyl sites for hydroxylation is 1. The number of imidazole rings is 1. The number of nitrogens with two attached hydrogens (primary N) is 1. The molecule has 0 fully saturated rings. The van der Waals surface area contributed by atoms with Crippen LogP contribution in [-0.2, 0) is 6.42 Å². The number of unbranched alkanes of at least 4 members (excludes halogenated alkanes) is 13. The minimum absolute atomic E-state index is 0.608. The largest absolute Gasteiger partial charge is 0.330 e. The smallest absolute Gasteiger partial charge is 0.156 e. The SMILES string of the molecule is NCCCCCCCCCCCCCCCCc1c(-c2ccsc2)nc2c(Cl)cc(Cl)cn12. The third kappa shape index (κ3) is 8.58. The molecule has 0 aromatic carbocycles. The van der Waals surface area contributed by atoms with E-state index in [9.17, 15) is 0 Å². The van der Waals surface area contributed by atoms with Gasteiger partial charge < -0.3 is 10.1 Å². The van der Waals surface area contributed by atoms with Crippen molar-refractivity contribution in [1.82, 2.24) is 9.38 Å². The molecule has 0 spiro atoms. The summed E-state index contributed by atoms with van der Waals surface area (Å²) < 4.78 is 2.09. The lowest BCUT2D eigenvalue weighted by Gasteiger charge is -2.06. The third-order valence-corrected chi connectivity index (χ3v) is 7.57. The summed E-state index contributed by atoms with van der Waals surface area (Å²) in [6.07, 6.45) is 21.6. The van der Waals surface area contributed by atoms with Gasteiger partial charge in [-0.15, -0.1) is 0 Å². The Morgan fingerprint density at radius 1 is 0.818 bits per heavy atom. The zero-order valence-electron chi connectivity index (χ0n) is 19.8. The number of thiophene rings is 1. The van der Waals surface area contributed by atoms with Crippen molar-refractivity contribution in [3.8, 4) is 11.3 Å². The average Bonchev–Trinajstić information content (AvgIpc) is 3.45. The van der Waals surface area contributed by atoms with Gasteiger partial charge in [0.1, 0.15) is 0 Å². The van der Waals surface area contributed by atoms with Gasteiger partial charge in [0.2, 0.25) is 0 Å². The minimum Gasteiger partial charge on any atom is -0.330 e. The first-order valence-corrected chi connectivity index (χ1v) is 14.5. The molecule has 0 unspecified atom stereocenters. The molecule has 2 N–H and O–H groups in total. The van der Waals surface area contributed by atoms with Gasteiger partial charge in [0.15, 0.2) is 5.65 Å². The summed E-state index contributed by atoms with van der Waals surface area (Å²) in [6, 6.07) is 3.91. The number of fused-ring (bicyclic) bond motifs is 1. The fourth-order valence-electron chi connectivity index (χ4n) is 4.55. The Labute approximate surface area is 213 Å². The van der Waals surface area contributed by atoms with E-state index in [1.807, 2.05) is 6.20 Å².